The van der Waals surface area contributed by atoms with Gasteiger partial charge in [0.25, 0.3) is 0 Å². The third kappa shape index (κ3) is 2.22. The highest BCUT2D eigenvalue weighted by Crippen LogP contribution is 2.28. The monoisotopic (exact) mass is 177 g/mol. The summed E-state index contributed by atoms with van der Waals surface area (Å²) in [5, 5.41) is 0. The first-order valence-corrected chi connectivity index (χ1v) is 4.71. The molecule has 2 heteroatoms. The first-order chi connectivity index (χ1) is 6.25. The SMILES string of the molecule is Cc1cccc(OCC2CC2N)c1. The Hall–Kier alpha value is -1.02. The molecule has 70 valence electrons. The molecule has 1 aromatic rings. The molecule has 0 saturated heterocycles. The minimum atomic E-state index is 0.379. The zero-order chi connectivity index (χ0) is 9.26. The van der Waals surface area contributed by atoms with E-state index in [-0.39, 0.29) is 0 Å². The first-order valence-electron chi connectivity index (χ1n) is 4.71. The molecule has 1 fully saturated rings. The number of hydrogen-bond donors (Lipinski definition) is 1. The molecule has 2 N–H and O–H groups in total. The Bertz CT molecular complexity index is 298. The third-order valence-electron chi connectivity index (χ3n) is 2.43. The van der Waals surface area contributed by atoms with Crippen molar-refractivity contribution in [2.45, 2.75) is 19.4 Å². The van der Waals surface area contributed by atoms with Crippen molar-refractivity contribution in [3.05, 3.63) is 29.8 Å². The summed E-state index contributed by atoms with van der Waals surface area (Å²) in [4.78, 5) is 0. The zero-order valence-electron chi connectivity index (χ0n) is 7.86. The van der Waals surface area contributed by atoms with E-state index < -0.39 is 0 Å². The van der Waals surface area contributed by atoms with Gasteiger partial charge in [0.05, 0.1) is 6.61 Å². The maximum absolute atomic E-state index is 5.68. The average Bonchev–Trinajstić information content (AvgIpc) is 2.79. The van der Waals surface area contributed by atoms with Crippen LogP contribution in [0.2, 0.25) is 0 Å². The van der Waals surface area contributed by atoms with Gasteiger partial charge in [-0.1, -0.05) is 12.1 Å². The molecule has 0 radical (unpaired) electrons. The minimum absolute atomic E-state index is 0.379. The molecule has 13 heavy (non-hydrogen) atoms. The summed E-state index contributed by atoms with van der Waals surface area (Å²) in [6.45, 7) is 2.83. The van der Waals surface area contributed by atoms with Crippen LogP contribution in [0.3, 0.4) is 0 Å². The number of hydrogen-bond acceptors (Lipinski definition) is 2. The summed E-state index contributed by atoms with van der Waals surface area (Å²) >= 11 is 0. The van der Waals surface area contributed by atoms with E-state index in [1.165, 1.54) is 5.56 Å². The number of benzene rings is 1. The van der Waals surface area contributed by atoms with Crippen LogP contribution in [0.1, 0.15) is 12.0 Å². The normalized spacial score (nSPS) is 25.7. The third-order valence-corrected chi connectivity index (χ3v) is 2.43. The van der Waals surface area contributed by atoms with Gasteiger partial charge in [-0.25, -0.2) is 0 Å². The summed E-state index contributed by atoms with van der Waals surface area (Å²) in [7, 11) is 0. The predicted octanol–water partition coefficient (Wildman–Crippen LogP) is 1.72. The fourth-order valence-corrected chi connectivity index (χ4v) is 1.37. The van der Waals surface area contributed by atoms with Crippen molar-refractivity contribution in [3.8, 4) is 5.75 Å². The molecular weight excluding hydrogens is 162 g/mol. The van der Waals surface area contributed by atoms with Gasteiger partial charge in [0, 0.05) is 12.0 Å². The van der Waals surface area contributed by atoms with Crippen molar-refractivity contribution in [2.75, 3.05) is 6.61 Å². The highest BCUT2D eigenvalue weighted by molar-refractivity contribution is 5.27. The standard InChI is InChI=1S/C11H15NO/c1-8-3-2-4-10(5-8)13-7-9-6-11(9)12/h2-5,9,11H,6-7,12H2,1H3. The second-order valence-electron chi connectivity index (χ2n) is 3.79. The lowest BCUT2D eigenvalue weighted by Crippen LogP contribution is -2.08. The van der Waals surface area contributed by atoms with E-state index in [1.54, 1.807) is 0 Å². The Morgan fingerprint density at radius 1 is 1.54 bits per heavy atom. The molecule has 1 aromatic carbocycles. The van der Waals surface area contributed by atoms with Crippen LogP contribution in [-0.4, -0.2) is 12.6 Å². The van der Waals surface area contributed by atoms with Gasteiger partial charge in [-0.3, -0.25) is 0 Å². The Morgan fingerprint density at radius 2 is 2.31 bits per heavy atom. The molecule has 1 aliphatic carbocycles. The van der Waals surface area contributed by atoms with Crippen LogP contribution >= 0.6 is 0 Å². The molecule has 0 spiro atoms. The minimum Gasteiger partial charge on any atom is -0.493 e. The smallest absolute Gasteiger partial charge is 0.119 e. The van der Waals surface area contributed by atoms with Crippen LogP contribution in [-0.2, 0) is 0 Å². The maximum atomic E-state index is 5.68. The van der Waals surface area contributed by atoms with E-state index in [0.29, 0.717) is 12.0 Å². The molecule has 2 unspecified atom stereocenters. The molecule has 0 aliphatic heterocycles. The number of ether oxygens (including phenoxy) is 1. The van der Waals surface area contributed by atoms with E-state index in [1.807, 2.05) is 18.2 Å². The maximum Gasteiger partial charge on any atom is 0.119 e. The molecule has 1 saturated carbocycles. The van der Waals surface area contributed by atoms with E-state index in [9.17, 15) is 0 Å². The molecule has 0 heterocycles. The molecule has 2 atom stereocenters. The van der Waals surface area contributed by atoms with E-state index in [0.717, 1.165) is 18.8 Å². The Morgan fingerprint density at radius 3 is 2.92 bits per heavy atom. The van der Waals surface area contributed by atoms with Gasteiger partial charge in [0.15, 0.2) is 0 Å². The van der Waals surface area contributed by atoms with Crippen molar-refractivity contribution >= 4 is 0 Å². The van der Waals surface area contributed by atoms with Gasteiger partial charge in [0.1, 0.15) is 5.75 Å². The second kappa shape index (κ2) is 3.38. The molecular formula is C11H15NO. The van der Waals surface area contributed by atoms with Crippen LogP contribution in [0, 0.1) is 12.8 Å². The zero-order valence-corrected chi connectivity index (χ0v) is 7.86. The summed E-state index contributed by atoms with van der Waals surface area (Å²) in [5.41, 5.74) is 6.91. The quantitative estimate of drug-likeness (QED) is 0.763. The van der Waals surface area contributed by atoms with Crippen molar-refractivity contribution in [1.82, 2.24) is 0 Å². The molecule has 0 bridgehead atoms. The van der Waals surface area contributed by atoms with Gasteiger partial charge in [-0.2, -0.15) is 0 Å². The van der Waals surface area contributed by atoms with Crippen LogP contribution in [0.4, 0.5) is 0 Å². The Labute approximate surface area is 78.7 Å². The van der Waals surface area contributed by atoms with Gasteiger partial charge in [0.2, 0.25) is 0 Å². The molecule has 1 aliphatic rings. The molecule has 0 aromatic heterocycles. The van der Waals surface area contributed by atoms with Crippen molar-refractivity contribution < 1.29 is 4.74 Å². The lowest BCUT2D eigenvalue weighted by Gasteiger charge is -2.05. The van der Waals surface area contributed by atoms with Gasteiger partial charge >= 0.3 is 0 Å². The lowest BCUT2D eigenvalue weighted by molar-refractivity contribution is 0.297. The number of aryl methyl sites for hydroxylation is 1. The van der Waals surface area contributed by atoms with Crippen molar-refractivity contribution in [3.63, 3.8) is 0 Å². The fourth-order valence-electron chi connectivity index (χ4n) is 1.37. The lowest BCUT2D eigenvalue weighted by atomic mass is 10.2. The summed E-state index contributed by atoms with van der Waals surface area (Å²) in [5.74, 6) is 1.54. The number of nitrogens with two attached hydrogens (primary N) is 1. The largest absolute Gasteiger partial charge is 0.493 e. The Balaban J connectivity index is 1.87. The van der Waals surface area contributed by atoms with Crippen molar-refractivity contribution in [1.29, 1.82) is 0 Å². The molecule has 2 rings (SSSR count). The van der Waals surface area contributed by atoms with Gasteiger partial charge in [-0.15, -0.1) is 0 Å². The van der Waals surface area contributed by atoms with Crippen LogP contribution in [0.15, 0.2) is 24.3 Å². The summed E-state index contributed by atoms with van der Waals surface area (Å²) in [6, 6.07) is 8.49. The summed E-state index contributed by atoms with van der Waals surface area (Å²) in [6.07, 6.45) is 1.12. The Kier molecular flexibility index (Phi) is 2.23. The second-order valence-corrected chi connectivity index (χ2v) is 3.79. The van der Waals surface area contributed by atoms with E-state index in [2.05, 4.69) is 13.0 Å². The fraction of sp³-hybridized carbons (Fsp3) is 0.455. The number of rotatable bonds is 3. The van der Waals surface area contributed by atoms with Crippen LogP contribution in [0.25, 0.3) is 0 Å². The molecule has 0 amide bonds. The van der Waals surface area contributed by atoms with Gasteiger partial charge in [-0.05, 0) is 31.0 Å². The van der Waals surface area contributed by atoms with Crippen LogP contribution < -0.4 is 10.5 Å². The van der Waals surface area contributed by atoms with E-state index >= 15 is 0 Å². The highest BCUT2D eigenvalue weighted by atomic mass is 16.5. The topological polar surface area (TPSA) is 35.2 Å². The van der Waals surface area contributed by atoms with Gasteiger partial charge < -0.3 is 10.5 Å². The van der Waals surface area contributed by atoms with E-state index in [4.69, 9.17) is 10.5 Å². The predicted molar refractivity (Wildman–Crippen MR) is 52.8 cm³/mol. The first kappa shape index (κ1) is 8.57. The summed E-state index contributed by atoms with van der Waals surface area (Å²) < 4.78 is 5.60. The van der Waals surface area contributed by atoms with Crippen molar-refractivity contribution in [2.24, 2.45) is 11.7 Å². The highest BCUT2D eigenvalue weighted by Gasteiger charge is 2.33. The average molecular weight is 177 g/mol. The van der Waals surface area contributed by atoms with Crippen LogP contribution in [0.5, 0.6) is 5.75 Å². The molecule has 2 nitrogen and oxygen atoms in total.